The smallest absolute Gasteiger partial charge is 0.414 e. The minimum atomic E-state index is -0.390. The van der Waals surface area contributed by atoms with Crippen molar-refractivity contribution < 1.29 is 19.0 Å². The maximum atomic E-state index is 11.8. The van der Waals surface area contributed by atoms with Crippen molar-refractivity contribution in [3.63, 3.8) is 0 Å². The zero-order valence-electron chi connectivity index (χ0n) is 16.6. The summed E-state index contributed by atoms with van der Waals surface area (Å²) in [5.41, 5.74) is 2.24. The second-order valence-electron chi connectivity index (χ2n) is 6.40. The van der Waals surface area contributed by atoms with Crippen molar-refractivity contribution in [3.05, 3.63) is 53.6 Å². The van der Waals surface area contributed by atoms with Gasteiger partial charge in [0.2, 0.25) is 0 Å². The van der Waals surface area contributed by atoms with E-state index < -0.39 is 6.09 Å². The first-order valence-electron chi connectivity index (χ1n) is 8.85. The fourth-order valence-electron chi connectivity index (χ4n) is 2.81. The standard InChI is InChI=1S/C21H28N2O4/c1-22-18(11-9-15-10-12-19(25-4)20(13-15)26-5)16-7-6-8-17(14-16)27-21(24)23(2)3/h6-8,10,12-14,18,22H,9,11H2,1-5H3. The molecule has 1 atom stereocenters. The van der Waals surface area contributed by atoms with Crippen LogP contribution >= 0.6 is 0 Å². The summed E-state index contributed by atoms with van der Waals surface area (Å²) >= 11 is 0. The van der Waals surface area contributed by atoms with Gasteiger partial charge in [-0.2, -0.15) is 0 Å². The Labute approximate surface area is 161 Å². The van der Waals surface area contributed by atoms with Gasteiger partial charge in [0.15, 0.2) is 11.5 Å². The molecule has 1 N–H and O–H groups in total. The molecule has 1 unspecified atom stereocenters. The molecule has 0 aliphatic rings. The first-order chi connectivity index (χ1) is 13.0. The van der Waals surface area contributed by atoms with Crippen LogP contribution in [0.25, 0.3) is 0 Å². The van der Waals surface area contributed by atoms with Crippen molar-refractivity contribution in [1.29, 1.82) is 0 Å². The third-order valence-electron chi connectivity index (χ3n) is 4.35. The van der Waals surface area contributed by atoms with Crippen molar-refractivity contribution in [2.24, 2.45) is 0 Å². The number of carbonyl (C=O) groups is 1. The third-order valence-corrected chi connectivity index (χ3v) is 4.35. The minimum absolute atomic E-state index is 0.135. The predicted molar refractivity (Wildman–Crippen MR) is 106 cm³/mol. The van der Waals surface area contributed by atoms with E-state index in [-0.39, 0.29) is 6.04 Å². The van der Waals surface area contributed by atoms with Gasteiger partial charge in [0.25, 0.3) is 0 Å². The Morgan fingerprint density at radius 2 is 1.81 bits per heavy atom. The monoisotopic (exact) mass is 372 g/mol. The molecule has 0 bridgehead atoms. The lowest BCUT2D eigenvalue weighted by atomic mass is 9.98. The normalized spacial score (nSPS) is 11.6. The van der Waals surface area contributed by atoms with Gasteiger partial charge in [0.1, 0.15) is 5.75 Å². The van der Waals surface area contributed by atoms with Gasteiger partial charge in [-0.05, 0) is 55.3 Å². The summed E-state index contributed by atoms with van der Waals surface area (Å²) in [6, 6.07) is 13.7. The number of rotatable bonds is 8. The fourth-order valence-corrected chi connectivity index (χ4v) is 2.81. The summed E-state index contributed by atoms with van der Waals surface area (Å²) in [6.45, 7) is 0. The van der Waals surface area contributed by atoms with Crippen LogP contribution in [0.2, 0.25) is 0 Å². The van der Waals surface area contributed by atoms with Gasteiger partial charge in [-0.1, -0.05) is 18.2 Å². The zero-order valence-corrected chi connectivity index (χ0v) is 16.6. The van der Waals surface area contributed by atoms with Crippen LogP contribution in [0.5, 0.6) is 17.2 Å². The quantitative estimate of drug-likeness (QED) is 0.766. The van der Waals surface area contributed by atoms with E-state index in [1.54, 1.807) is 34.4 Å². The van der Waals surface area contributed by atoms with E-state index in [0.717, 1.165) is 29.9 Å². The summed E-state index contributed by atoms with van der Waals surface area (Å²) in [4.78, 5) is 13.2. The van der Waals surface area contributed by atoms with Gasteiger partial charge in [0, 0.05) is 20.1 Å². The van der Waals surface area contributed by atoms with Gasteiger partial charge in [-0.15, -0.1) is 0 Å². The number of hydrogen-bond donors (Lipinski definition) is 1. The average molecular weight is 372 g/mol. The first-order valence-corrected chi connectivity index (χ1v) is 8.85. The second-order valence-corrected chi connectivity index (χ2v) is 6.40. The highest BCUT2D eigenvalue weighted by molar-refractivity contribution is 5.70. The Hall–Kier alpha value is -2.73. The lowest BCUT2D eigenvalue weighted by Crippen LogP contribution is -2.25. The fraction of sp³-hybridized carbons (Fsp3) is 0.381. The Morgan fingerprint density at radius 1 is 1.07 bits per heavy atom. The summed E-state index contributed by atoms with van der Waals surface area (Å²) < 4.78 is 16.0. The Balaban J connectivity index is 2.08. The van der Waals surface area contributed by atoms with Gasteiger partial charge >= 0.3 is 6.09 Å². The SMILES string of the molecule is CNC(CCc1ccc(OC)c(OC)c1)c1cccc(OC(=O)N(C)C)c1. The molecule has 6 nitrogen and oxygen atoms in total. The predicted octanol–water partition coefficient (Wildman–Crippen LogP) is 3.66. The van der Waals surface area contributed by atoms with Crippen LogP contribution in [0.15, 0.2) is 42.5 Å². The summed E-state index contributed by atoms with van der Waals surface area (Å²) in [5.74, 6) is 1.99. The molecule has 2 aromatic rings. The van der Waals surface area contributed by atoms with E-state index >= 15 is 0 Å². The van der Waals surface area contributed by atoms with Crippen LogP contribution in [0.1, 0.15) is 23.6 Å². The third kappa shape index (κ3) is 5.62. The van der Waals surface area contributed by atoms with Crippen molar-refractivity contribution in [1.82, 2.24) is 10.2 Å². The van der Waals surface area contributed by atoms with Crippen LogP contribution in [0.4, 0.5) is 4.79 Å². The van der Waals surface area contributed by atoms with Gasteiger partial charge in [-0.3, -0.25) is 0 Å². The number of methoxy groups -OCH3 is 2. The van der Waals surface area contributed by atoms with Crippen molar-refractivity contribution in [2.45, 2.75) is 18.9 Å². The summed E-state index contributed by atoms with van der Waals surface area (Å²) in [7, 11) is 8.51. The highest BCUT2D eigenvalue weighted by Crippen LogP contribution is 2.29. The lowest BCUT2D eigenvalue weighted by molar-refractivity contribution is 0.172. The van der Waals surface area contributed by atoms with Crippen molar-refractivity contribution in [3.8, 4) is 17.2 Å². The molecule has 0 saturated carbocycles. The molecule has 2 rings (SSSR count). The zero-order chi connectivity index (χ0) is 19.8. The number of nitrogens with one attached hydrogen (secondary N) is 1. The average Bonchev–Trinajstić information content (AvgIpc) is 2.68. The maximum absolute atomic E-state index is 11.8. The molecular formula is C21H28N2O4. The van der Waals surface area contributed by atoms with E-state index in [1.165, 1.54) is 10.5 Å². The number of amides is 1. The second kappa shape index (κ2) is 9.83. The highest BCUT2D eigenvalue weighted by atomic mass is 16.6. The molecule has 0 aliphatic heterocycles. The van der Waals surface area contributed by atoms with E-state index in [2.05, 4.69) is 5.32 Å². The number of ether oxygens (including phenoxy) is 3. The van der Waals surface area contributed by atoms with E-state index in [4.69, 9.17) is 14.2 Å². The topological polar surface area (TPSA) is 60.0 Å². The van der Waals surface area contributed by atoms with Gasteiger partial charge in [0.05, 0.1) is 14.2 Å². The molecule has 0 saturated heterocycles. The number of aryl methyl sites for hydroxylation is 1. The van der Waals surface area contributed by atoms with Crippen LogP contribution in [-0.4, -0.2) is 46.4 Å². The molecule has 146 valence electrons. The molecule has 0 aliphatic carbocycles. The molecule has 0 radical (unpaired) electrons. The largest absolute Gasteiger partial charge is 0.493 e. The van der Waals surface area contributed by atoms with Crippen LogP contribution < -0.4 is 19.5 Å². The van der Waals surface area contributed by atoms with E-state index in [0.29, 0.717) is 5.75 Å². The highest BCUT2D eigenvalue weighted by Gasteiger charge is 2.13. The number of hydrogen-bond acceptors (Lipinski definition) is 5. The van der Waals surface area contributed by atoms with Crippen LogP contribution in [-0.2, 0) is 6.42 Å². The molecular weight excluding hydrogens is 344 g/mol. The van der Waals surface area contributed by atoms with Gasteiger partial charge < -0.3 is 24.4 Å². The molecule has 6 heteroatoms. The minimum Gasteiger partial charge on any atom is -0.493 e. The molecule has 27 heavy (non-hydrogen) atoms. The Kier molecular flexibility index (Phi) is 7.49. The number of carbonyl (C=O) groups excluding carboxylic acids is 1. The Morgan fingerprint density at radius 3 is 2.44 bits per heavy atom. The molecule has 0 spiro atoms. The molecule has 0 heterocycles. The molecule has 0 aromatic heterocycles. The lowest BCUT2D eigenvalue weighted by Gasteiger charge is -2.18. The summed E-state index contributed by atoms with van der Waals surface area (Å²) in [5, 5.41) is 3.34. The first kappa shape index (κ1) is 20.6. The number of nitrogens with zero attached hydrogens (tertiary/aromatic N) is 1. The molecule has 1 amide bonds. The molecule has 2 aromatic carbocycles. The van der Waals surface area contributed by atoms with Gasteiger partial charge in [-0.25, -0.2) is 4.79 Å². The van der Waals surface area contributed by atoms with Crippen LogP contribution in [0.3, 0.4) is 0 Å². The maximum Gasteiger partial charge on any atom is 0.414 e. The van der Waals surface area contributed by atoms with Crippen molar-refractivity contribution >= 4 is 6.09 Å². The Bertz CT molecular complexity index is 762. The van der Waals surface area contributed by atoms with E-state index in [9.17, 15) is 4.79 Å². The number of benzene rings is 2. The molecule has 0 fully saturated rings. The van der Waals surface area contributed by atoms with E-state index in [1.807, 2.05) is 43.4 Å². The summed E-state index contributed by atoms with van der Waals surface area (Å²) in [6.07, 6.45) is 1.36. The van der Waals surface area contributed by atoms with Crippen LogP contribution in [0, 0.1) is 0 Å². The van der Waals surface area contributed by atoms with Crippen molar-refractivity contribution in [2.75, 3.05) is 35.4 Å².